The Hall–Kier alpha value is -0.775. The molecule has 6 heteroatoms. The molecule has 0 atom stereocenters. The van der Waals surface area contributed by atoms with E-state index in [0.717, 1.165) is 0 Å². The minimum Gasteiger partial charge on any atom is -0.496 e. The van der Waals surface area contributed by atoms with Crippen LogP contribution >= 0.6 is 11.6 Å². The van der Waals surface area contributed by atoms with Gasteiger partial charge < -0.3 is 14.8 Å². The first kappa shape index (κ1) is 9.31. The molecule has 0 saturated carbocycles. The van der Waals surface area contributed by atoms with E-state index in [1.54, 1.807) is 0 Å². The van der Waals surface area contributed by atoms with Crippen molar-refractivity contribution in [3.8, 4) is 5.75 Å². The van der Waals surface area contributed by atoms with Gasteiger partial charge in [-0.25, -0.2) is 4.98 Å². The van der Waals surface area contributed by atoms with Gasteiger partial charge >= 0.3 is 7.12 Å². The molecule has 1 heterocycles. The third-order valence-corrected chi connectivity index (χ3v) is 1.53. The van der Waals surface area contributed by atoms with Crippen molar-refractivity contribution in [2.24, 2.45) is 0 Å². The second-order valence-electron chi connectivity index (χ2n) is 2.10. The van der Waals surface area contributed by atoms with Crippen molar-refractivity contribution < 1.29 is 14.8 Å². The van der Waals surface area contributed by atoms with E-state index >= 15 is 0 Å². The molecule has 1 rings (SSSR count). The summed E-state index contributed by atoms with van der Waals surface area (Å²) in [6.45, 7) is 0. The monoisotopic (exact) mass is 187 g/mol. The molecule has 4 nitrogen and oxygen atoms in total. The zero-order valence-electron chi connectivity index (χ0n) is 6.36. The van der Waals surface area contributed by atoms with Crippen molar-refractivity contribution in [1.29, 1.82) is 0 Å². The molecule has 0 fully saturated rings. The van der Waals surface area contributed by atoms with Gasteiger partial charge in [-0.15, -0.1) is 0 Å². The van der Waals surface area contributed by atoms with Crippen LogP contribution in [0.1, 0.15) is 0 Å². The van der Waals surface area contributed by atoms with Crippen LogP contribution in [0.2, 0.25) is 5.15 Å². The van der Waals surface area contributed by atoms with Gasteiger partial charge in [-0.05, 0) is 12.1 Å². The van der Waals surface area contributed by atoms with Crippen LogP contribution in [0.5, 0.6) is 5.75 Å². The van der Waals surface area contributed by atoms with Gasteiger partial charge in [-0.3, -0.25) is 0 Å². The first-order valence-electron chi connectivity index (χ1n) is 3.21. The molecule has 0 unspecified atom stereocenters. The molecule has 12 heavy (non-hydrogen) atoms. The maximum Gasteiger partial charge on any atom is 0.512 e. The lowest BCUT2D eigenvalue weighted by atomic mass is 9.85. The highest BCUT2D eigenvalue weighted by atomic mass is 35.5. The average molecular weight is 187 g/mol. The fourth-order valence-electron chi connectivity index (χ4n) is 0.795. The van der Waals surface area contributed by atoms with E-state index < -0.39 is 7.12 Å². The van der Waals surface area contributed by atoms with E-state index in [2.05, 4.69) is 4.98 Å². The summed E-state index contributed by atoms with van der Waals surface area (Å²) < 4.78 is 4.82. The van der Waals surface area contributed by atoms with Crippen LogP contribution in [-0.2, 0) is 0 Å². The number of hydrogen-bond acceptors (Lipinski definition) is 4. The molecule has 0 aliphatic heterocycles. The Bertz CT molecular complexity index is 281. The molecule has 2 N–H and O–H groups in total. The van der Waals surface area contributed by atoms with Gasteiger partial charge in [-0.2, -0.15) is 0 Å². The van der Waals surface area contributed by atoms with E-state index in [1.165, 1.54) is 19.2 Å². The summed E-state index contributed by atoms with van der Waals surface area (Å²) in [6.07, 6.45) is 0. The minimum atomic E-state index is -1.67. The van der Waals surface area contributed by atoms with Crippen LogP contribution in [0.25, 0.3) is 0 Å². The van der Waals surface area contributed by atoms with Crippen molar-refractivity contribution in [3.05, 3.63) is 17.3 Å². The quantitative estimate of drug-likeness (QED) is 0.480. The molecular formula is C6H7BClNO3. The van der Waals surface area contributed by atoms with Crippen molar-refractivity contribution in [3.63, 3.8) is 0 Å². The van der Waals surface area contributed by atoms with Gasteiger partial charge in [0, 0.05) is 0 Å². The highest BCUT2D eigenvalue weighted by Gasteiger charge is 2.18. The first-order chi connectivity index (χ1) is 5.65. The Morgan fingerprint density at radius 3 is 2.67 bits per heavy atom. The Morgan fingerprint density at radius 1 is 1.50 bits per heavy atom. The summed E-state index contributed by atoms with van der Waals surface area (Å²) >= 11 is 5.53. The van der Waals surface area contributed by atoms with Crippen molar-refractivity contribution in [1.82, 2.24) is 4.98 Å². The Kier molecular flexibility index (Phi) is 2.91. The molecule has 0 spiro atoms. The van der Waals surface area contributed by atoms with E-state index in [0.29, 0.717) is 5.75 Å². The number of pyridine rings is 1. The fraction of sp³-hybridized carbons (Fsp3) is 0.167. The van der Waals surface area contributed by atoms with Crippen LogP contribution in [0.3, 0.4) is 0 Å². The number of methoxy groups -OCH3 is 1. The molecule has 1 aromatic heterocycles. The zero-order chi connectivity index (χ0) is 9.14. The van der Waals surface area contributed by atoms with Gasteiger partial charge in [0.15, 0.2) is 0 Å². The van der Waals surface area contributed by atoms with Crippen LogP contribution in [0, 0.1) is 0 Å². The molecule has 64 valence electrons. The molecule has 0 aliphatic rings. The number of ether oxygens (including phenoxy) is 1. The van der Waals surface area contributed by atoms with Crippen molar-refractivity contribution in [2.75, 3.05) is 7.11 Å². The van der Waals surface area contributed by atoms with E-state index in [-0.39, 0.29) is 10.7 Å². The number of halogens is 1. The topological polar surface area (TPSA) is 62.6 Å². The molecule has 0 amide bonds. The molecular weight excluding hydrogens is 180 g/mol. The van der Waals surface area contributed by atoms with Crippen LogP contribution in [0.15, 0.2) is 12.1 Å². The SMILES string of the molecule is COc1ccc(Cl)nc1B(O)O. The van der Waals surface area contributed by atoms with Crippen molar-refractivity contribution >= 4 is 24.3 Å². The number of aromatic nitrogens is 1. The van der Waals surface area contributed by atoms with Gasteiger partial charge in [0.1, 0.15) is 16.5 Å². The fourth-order valence-corrected chi connectivity index (χ4v) is 0.949. The Labute approximate surface area is 74.9 Å². The van der Waals surface area contributed by atoms with Gasteiger partial charge in [0.05, 0.1) is 7.11 Å². The molecule has 0 saturated heterocycles. The maximum atomic E-state index is 8.81. The number of hydrogen-bond donors (Lipinski definition) is 2. The highest BCUT2D eigenvalue weighted by molar-refractivity contribution is 6.58. The molecule has 0 radical (unpaired) electrons. The third-order valence-electron chi connectivity index (χ3n) is 1.32. The van der Waals surface area contributed by atoms with E-state index in [9.17, 15) is 0 Å². The summed E-state index contributed by atoms with van der Waals surface area (Å²) in [6, 6.07) is 3.02. The standard InChI is InChI=1S/C6H7BClNO3/c1-12-4-2-3-5(8)9-6(4)7(10)11/h2-3,10-11H,1H3. The largest absolute Gasteiger partial charge is 0.512 e. The average Bonchev–Trinajstić information content (AvgIpc) is 2.04. The summed E-state index contributed by atoms with van der Waals surface area (Å²) in [4.78, 5) is 3.68. The number of rotatable bonds is 2. The molecule has 0 bridgehead atoms. The van der Waals surface area contributed by atoms with Crippen LogP contribution in [0.4, 0.5) is 0 Å². The minimum absolute atomic E-state index is 0.0185. The van der Waals surface area contributed by atoms with Gasteiger partial charge in [0.2, 0.25) is 0 Å². The van der Waals surface area contributed by atoms with Crippen LogP contribution < -0.4 is 10.3 Å². The van der Waals surface area contributed by atoms with Crippen molar-refractivity contribution in [2.45, 2.75) is 0 Å². The second kappa shape index (κ2) is 3.75. The summed E-state index contributed by atoms with van der Waals surface area (Å²) in [5, 5.41) is 17.8. The third kappa shape index (κ3) is 1.88. The van der Waals surface area contributed by atoms with E-state index in [1.807, 2.05) is 0 Å². The Balaban J connectivity index is 3.12. The van der Waals surface area contributed by atoms with Gasteiger partial charge in [0.25, 0.3) is 0 Å². The van der Waals surface area contributed by atoms with Gasteiger partial charge in [-0.1, -0.05) is 11.6 Å². The smallest absolute Gasteiger partial charge is 0.496 e. The molecule has 0 aliphatic carbocycles. The lowest BCUT2D eigenvalue weighted by Gasteiger charge is -2.05. The summed E-state index contributed by atoms with van der Waals surface area (Å²) in [7, 11) is -0.254. The molecule has 1 aromatic rings. The maximum absolute atomic E-state index is 8.81. The van der Waals surface area contributed by atoms with E-state index in [4.69, 9.17) is 26.4 Å². The second-order valence-corrected chi connectivity index (χ2v) is 2.48. The predicted molar refractivity (Wildman–Crippen MR) is 45.6 cm³/mol. The van der Waals surface area contributed by atoms with Crippen LogP contribution in [-0.4, -0.2) is 29.3 Å². The first-order valence-corrected chi connectivity index (χ1v) is 3.59. The lowest BCUT2D eigenvalue weighted by Crippen LogP contribution is -2.34. The summed E-state index contributed by atoms with van der Waals surface area (Å²) in [5.74, 6) is 0.300. The summed E-state index contributed by atoms with van der Waals surface area (Å²) in [5.41, 5.74) is 0.0185. The lowest BCUT2D eigenvalue weighted by molar-refractivity contribution is 0.400. The Morgan fingerprint density at radius 2 is 2.17 bits per heavy atom. The number of nitrogens with zero attached hydrogens (tertiary/aromatic N) is 1. The normalized spacial score (nSPS) is 9.67. The zero-order valence-corrected chi connectivity index (χ0v) is 7.12. The predicted octanol–water partition coefficient (Wildman–Crippen LogP) is -0.577. The molecule has 0 aromatic carbocycles. The highest BCUT2D eigenvalue weighted by Crippen LogP contribution is 2.09.